The van der Waals surface area contributed by atoms with Gasteiger partial charge in [0.2, 0.25) is 5.91 Å². The summed E-state index contributed by atoms with van der Waals surface area (Å²) in [4.78, 5) is 15.7. The Morgan fingerprint density at radius 1 is 1.45 bits per heavy atom. The molecule has 1 N–H and O–H groups in total. The van der Waals surface area contributed by atoms with E-state index in [1.165, 1.54) is 6.92 Å². The van der Waals surface area contributed by atoms with Gasteiger partial charge in [-0.1, -0.05) is 13.8 Å². The molecule has 2 saturated heterocycles. The van der Waals surface area contributed by atoms with Gasteiger partial charge in [0.25, 0.3) is 10.1 Å². The van der Waals surface area contributed by atoms with Gasteiger partial charge in [-0.05, 0) is 18.8 Å². The van der Waals surface area contributed by atoms with Gasteiger partial charge in [-0.25, -0.2) is 0 Å². The van der Waals surface area contributed by atoms with Gasteiger partial charge in [-0.15, -0.1) is 0 Å². The van der Waals surface area contributed by atoms with E-state index in [2.05, 4.69) is 18.7 Å². The highest BCUT2D eigenvalue weighted by molar-refractivity contribution is 7.85. The average molecular weight is 304 g/mol. The Morgan fingerprint density at radius 3 is 2.60 bits per heavy atom. The number of carbonyl (C=O) groups excluding carboxylic acids is 1. The van der Waals surface area contributed by atoms with E-state index in [0.717, 1.165) is 19.4 Å². The highest BCUT2D eigenvalue weighted by Crippen LogP contribution is 2.43. The molecule has 2 unspecified atom stereocenters. The third-order valence-electron chi connectivity index (χ3n) is 4.42. The van der Waals surface area contributed by atoms with E-state index in [0.29, 0.717) is 19.0 Å². The zero-order valence-corrected chi connectivity index (χ0v) is 13.2. The summed E-state index contributed by atoms with van der Waals surface area (Å²) in [6, 6.07) is -0.286. The fraction of sp³-hybridized carbons (Fsp3) is 0.923. The van der Waals surface area contributed by atoms with E-state index in [1.54, 1.807) is 4.90 Å². The van der Waals surface area contributed by atoms with Crippen LogP contribution in [-0.4, -0.2) is 65.6 Å². The van der Waals surface area contributed by atoms with Gasteiger partial charge in [-0.2, -0.15) is 8.42 Å². The van der Waals surface area contributed by atoms with Gasteiger partial charge < -0.3 is 4.90 Å². The molecule has 2 heterocycles. The third-order valence-corrected chi connectivity index (χ3v) is 5.15. The molecule has 1 amide bonds. The first-order valence-corrected chi connectivity index (χ1v) is 8.74. The second kappa shape index (κ2) is 5.27. The molecular weight excluding hydrogens is 280 g/mol. The molecule has 0 aliphatic carbocycles. The van der Waals surface area contributed by atoms with Crippen LogP contribution in [0.25, 0.3) is 0 Å². The normalized spacial score (nSPS) is 31.1. The lowest BCUT2D eigenvalue weighted by molar-refractivity contribution is -0.147. The molecule has 2 rings (SSSR count). The second-order valence-electron chi connectivity index (χ2n) is 6.47. The molecule has 6 nitrogen and oxygen atoms in total. The maximum Gasteiger partial charge on any atom is 0.266 e. The smallest absolute Gasteiger partial charge is 0.266 e. The molecule has 7 heteroatoms. The number of hydrogen-bond donors (Lipinski definition) is 1. The molecule has 0 aromatic carbocycles. The number of rotatable bonds is 4. The van der Waals surface area contributed by atoms with Crippen molar-refractivity contribution in [2.45, 2.75) is 45.2 Å². The zero-order valence-electron chi connectivity index (χ0n) is 12.4. The number of amides is 1. The van der Waals surface area contributed by atoms with E-state index >= 15 is 0 Å². The summed E-state index contributed by atoms with van der Waals surface area (Å²) in [6.45, 7) is 7.87. The van der Waals surface area contributed by atoms with Crippen LogP contribution in [-0.2, 0) is 14.9 Å². The third kappa shape index (κ3) is 2.84. The Hall–Kier alpha value is -0.660. The lowest BCUT2D eigenvalue weighted by Crippen LogP contribution is -2.77. The molecule has 2 aliphatic rings. The number of likely N-dealkylation sites (tertiary alicyclic amines) is 2. The van der Waals surface area contributed by atoms with Crippen LogP contribution in [0, 0.1) is 5.92 Å². The van der Waals surface area contributed by atoms with Crippen molar-refractivity contribution in [1.82, 2.24) is 9.80 Å². The van der Waals surface area contributed by atoms with Crippen LogP contribution in [0.5, 0.6) is 0 Å². The van der Waals surface area contributed by atoms with Crippen molar-refractivity contribution in [1.29, 1.82) is 0 Å². The largest absolute Gasteiger partial charge is 0.334 e. The molecule has 0 aromatic rings. The van der Waals surface area contributed by atoms with E-state index in [-0.39, 0.29) is 17.7 Å². The van der Waals surface area contributed by atoms with Crippen molar-refractivity contribution in [3.05, 3.63) is 0 Å². The van der Waals surface area contributed by atoms with Crippen LogP contribution in [0.3, 0.4) is 0 Å². The standard InChI is InChI=1S/C13H24N2O4S/c1-10(2)7-14-9-13(12(14)8-20(17,18)19)5-4-6-15(13)11(3)16/h10,12H,4-9H2,1-3H3,(H,17,18,19). The monoisotopic (exact) mass is 304 g/mol. The van der Waals surface area contributed by atoms with Gasteiger partial charge in [0.05, 0.1) is 17.3 Å². The second-order valence-corrected chi connectivity index (χ2v) is 7.96. The molecule has 0 radical (unpaired) electrons. The van der Waals surface area contributed by atoms with E-state index in [9.17, 15) is 17.8 Å². The predicted octanol–water partition coefficient (Wildman–Crippen LogP) is 0.596. The Bertz CT molecular complexity index is 491. The van der Waals surface area contributed by atoms with Crippen molar-refractivity contribution >= 4 is 16.0 Å². The Balaban J connectivity index is 2.23. The predicted molar refractivity (Wildman–Crippen MR) is 76.0 cm³/mol. The summed E-state index contributed by atoms with van der Waals surface area (Å²) in [6.07, 6.45) is 1.72. The molecular formula is C13H24N2O4S. The minimum atomic E-state index is -4.05. The summed E-state index contributed by atoms with van der Waals surface area (Å²) < 4.78 is 31.8. The van der Waals surface area contributed by atoms with Crippen LogP contribution in [0.15, 0.2) is 0 Å². The number of hydrogen-bond acceptors (Lipinski definition) is 4. The molecule has 0 aromatic heterocycles. The lowest BCUT2D eigenvalue weighted by atomic mass is 9.77. The van der Waals surface area contributed by atoms with Gasteiger partial charge in [-0.3, -0.25) is 14.2 Å². The Morgan fingerprint density at radius 2 is 2.10 bits per heavy atom. The van der Waals surface area contributed by atoms with Crippen LogP contribution >= 0.6 is 0 Å². The van der Waals surface area contributed by atoms with Crippen LogP contribution in [0.1, 0.15) is 33.6 Å². The zero-order chi connectivity index (χ0) is 15.1. The first-order valence-electron chi connectivity index (χ1n) is 7.13. The molecule has 0 saturated carbocycles. The van der Waals surface area contributed by atoms with Crippen molar-refractivity contribution in [2.75, 3.05) is 25.4 Å². The van der Waals surface area contributed by atoms with E-state index in [4.69, 9.17) is 0 Å². The summed E-state index contributed by atoms with van der Waals surface area (Å²) in [5.41, 5.74) is -0.392. The highest BCUT2D eigenvalue weighted by Gasteiger charge is 2.59. The van der Waals surface area contributed by atoms with Crippen LogP contribution in [0.2, 0.25) is 0 Å². The van der Waals surface area contributed by atoms with Gasteiger partial charge >= 0.3 is 0 Å². The van der Waals surface area contributed by atoms with E-state index in [1.807, 2.05) is 0 Å². The molecule has 1 spiro atoms. The maximum atomic E-state index is 11.8. The van der Waals surface area contributed by atoms with Crippen LogP contribution in [0.4, 0.5) is 0 Å². The Kier molecular flexibility index (Phi) is 4.15. The lowest BCUT2D eigenvalue weighted by Gasteiger charge is -2.59. The summed E-state index contributed by atoms with van der Waals surface area (Å²) >= 11 is 0. The minimum Gasteiger partial charge on any atom is -0.334 e. The summed E-state index contributed by atoms with van der Waals surface area (Å²) in [5, 5.41) is 0. The molecule has 0 bridgehead atoms. The van der Waals surface area contributed by atoms with Crippen molar-refractivity contribution in [3.63, 3.8) is 0 Å². The SMILES string of the molecule is CC(=O)N1CCCC12CN(CC(C)C)C2CS(=O)(=O)O. The molecule has 2 atom stereocenters. The van der Waals surface area contributed by atoms with Crippen LogP contribution < -0.4 is 0 Å². The molecule has 20 heavy (non-hydrogen) atoms. The maximum absolute atomic E-state index is 11.8. The highest BCUT2D eigenvalue weighted by atomic mass is 32.2. The van der Waals surface area contributed by atoms with Crippen molar-refractivity contribution < 1.29 is 17.8 Å². The fourth-order valence-electron chi connectivity index (χ4n) is 3.80. The number of carbonyl (C=O) groups is 1. The van der Waals surface area contributed by atoms with E-state index < -0.39 is 15.7 Å². The minimum absolute atomic E-state index is 0.00738. The fourth-order valence-corrected chi connectivity index (χ4v) is 4.72. The first-order chi connectivity index (χ1) is 9.16. The summed E-state index contributed by atoms with van der Waals surface area (Å²) in [5.74, 6) is 0.124. The van der Waals surface area contributed by atoms with Gasteiger partial charge in [0.15, 0.2) is 0 Å². The van der Waals surface area contributed by atoms with Gasteiger partial charge in [0.1, 0.15) is 0 Å². The molecule has 116 valence electrons. The summed E-state index contributed by atoms with van der Waals surface area (Å²) in [7, 11) is -4.05. The molecule has 2 fully saturated rings. The molecule has 2 aliphatic heterocycles. The number of nitrogens with zero attached hydrogens (tertiary/aromatic N) is 2. The average Bonchev–Trinajstić information content (AvgIpc) is 2.70. The Labute approximate surface area is 120 Å². The van der Waals surface area contributed by atoms with Crippen molar-refractivity contribution in [2.24, 2.45) is 5.92 Å². The quantitative estimate of drug-likeness (QED) is 0.769. The van der Waals surface area contributed by atoms with Crippen molar-refractivity contribution in [3.8, 4) is 0 Å². The topological polar surface area (TPSA) is 77.9 Å². The first kappa shape index (κ1) is 15.7. The van der Waals surface area contributed by atoms with Gasteiger partial charge in [0, 0.05) is 26.6 Å².